The summed E-state index contributed by atoms with van der Waals surface area (Å²) in [6.07, 6.45) is 5.09. The Morgan fingerprint density at radius 3 is 2.72 bits per heavy atom. The van der Waals surface area contributed by atoms with Crippen LogP contribution < -0.4 is 0 Å². The molecule has 1 N–H and O–H groups in total. The van der Waals surface area contributed by atoms with E-state index < -0.39 is 0 Å². The second-order valence-corrected chi connectivity index (χ2v) is 4.38. The van der Waals surface area contributed by atoms with Gasteiger partial charge in [-0.15, -0.1) is 16.4 Å². The van der Waals surface area contributed by atoms with E-state index in [1.807, 2.05) is 17.5 Å². The summed E-state index contributed by atoms with van der Waals surface area (Å²) in [6, 6.07) is 3.70. The number of hydrogen-bond acceptors (Lipinski definition) is 6. The first-order valence-corrected chi connectivity index (χ1v) is 6.14. The van der Waals surface area contributed by atoms with Crippen LogP contribution in [0.5, 0.6) is 0 Å². The van der Waals surface area contributed by atoms with E-state index in [2.05, 4.69) is 20.3 Å². The Morgan fingerprint density at radius 1 is 1.22 bits per heavy atom. The molecule has 0 unspecified atom stereocenters. The maximum atomic E-state index is 9.34. The second kappa shape index (κ2) is 4.63. The zero-order valence-electron chi connectivity index (χ0n) is 9.26. The molecule has 18 heavy (non-hydrogen) atoms. The molecule has 90 valence electrons. The fourth-order valence-electron chi connectivity index (χ4n) is 1.67. The number of aromatic nitrogens is 5. The summed E-state index contributed by atoms with van der Waals surface area (Å²) < 4.78 is 1.63. The molecule has 0 aliphatic heterocycles. The SMILES string of the molecule is OCc1nnn(-c2nccs2)c1-c1ccncc1. The third-order valence-electron chi connectivity index (χ3n) is 2.44. The van der Waals surface area contributed by atoms with Gasteiger partial charge in [-0.25, -0.2) is 4.98 Å². The lowest BCUT2D eigenvalue weighted by Crippen LogP contribution is -1.99. The third kappa shape index (κ3) is 1.79. The fourth-order valence-corrected chi connectivity index (χ4v) is 2.27. The lowest BCUT2D eigenvalue weighted by molar-refractivity contribution is 0.277. The van der Waals surface area contributed by atoms with Crippen molar-refractivity contribution in [2.24, 2.45) is 0 Å². The van der Waals surface area contributed by atoms with Gasteiger partial charge in [-0.1, -0.05) is 5.21 Å². The van der Waals surface area contributed by atoms with E-state index in [4.69, 9.17) is 0 Å². The van der Waals surface area contributed by atoms with E-state index in [0.29, 0.717) is 10.8 Å². The number of rotatable bonds is 3. The van der Waals surface area contributed by atoms with Crippen LogP contribution in [0.15, 0.2) is 36.1 Å². The smallest absolute Gasteiger partial charge is 0.212 e. The minimum Gasteiger partial charge on any atom is -0.390 e. The molecule has 3 heterocycles. The van der Waals surface area contributed by atoms with Crippen molar-refractivity contribution in [3.63, 3.8) is 0 Å². The molecule has 0 spiro atoms. The number of aliphatic hydroxyl groups excluding tert-OH is 1. The number of hydrogen-bond donors (Lipinski definition) is 1. The first kappa shape index (κ1) is 11.0. The van der Waals surface area contributed by atoms with Crippen LogP contribution in [-0.4, -0.2) is 30.1 Å². The summed E-state index contributed by atoms with van der Waals surface area (Å²) in [6.45, 7) is -0.164. The van der Waals surface area contributed by atoms with E-state index in [0.717, 1.165) is 11.3 Å². The normalized spacial score (nSPS) is 10.7. The van der Waals surface area contributed by atoms with Crippen molar-refractivity contribution in [2.75, 3.05) is 0 Å². The molecular formula is C11H9N5OS. The van der Waals surface area contributed by atoms with Gasteiger partial charge in [0, 0.05) is 29.5 Å². The van der Waals surface area contributed by atoms with Crippen LogP contribution in [0.3, 0.4) is 0 Å². The molecule has 6 nitrogen and oxygen atoms in total. The molecule has 3 rings (SSSR count). The molecule has 0 bridgehead atoms. The molecule has 0 aliphatic carbocycles. The maximum Gasteiger partial charge on any atom is 0.212 e. The molecule has 0 amide bonds. The summed E-state index contributed by atoms with van der Waals surface area (Å²) in [7, 11) is 0. The van der Waals surface area contributed by atoms with Gasteiger partial charge in [-0.05, 0) is 12.1 Å². The zero-order chi connectivity index (χ0) is 12.4. The van der Waals surface area contributed by atoms with Crippen molar-refractivity contribution in [3.8, 4) is 16.4 Å². The van der Waals surface area contributed by atoms with Crippen LogP contribution in [0.4, 0.5) is 0 Å². The minimum absolute atomic E-state index is 0.164. The Morgan fingerprint density at radius 2 is 2.06 bits per heavy atom. The number of thiazole rings is 1. The predicted molar refractivity (Wildman–Crippen MR) is 66.2 cm³/mol. The summed E-state index contributed by atoms with van der Waals surface area (Å²) in [4.78, 5) is 8.18. The summed E-state index contributed by atoms with van der Waals surface area (Å²) in [5.74, 6) is 0. The van der Waals surface area contributed by atoms with Crippen LogP contribution in [0.1, 0.15) is 5.69 Å². The van der Waals surface area contributed by atoms with Gasteiger partial charge in [0.05, 0.1) is 6.61 Å². The highest BCUT2D eigenvalue weighted by molar-refractivity contribution is 7.12. The molecule has 0 fully saturated rings. The number of aliphatic hydroxyl groups is 1. The van der Waals surface area contributed by atoms with Crippen LogP contribution >= 0.6 is 11.3 Å². The Kier molecular flexibility index (Phi) is 2.83. The summed E-state index contributed by atoms with van der Waals surface area (Å²) in [5.41, 5.74) is 2.17. The third-order valence-corrected chi connectivity index (χ3v) is 3.19. The lowest BCUT2D eigenvalue weighted by atomic mass is 10.1. The Labute approximate surface area is 107 Å². The lowest BCUT2D eigenvalue weighted by Gasteiger charge is -2.04. The fraction of sp³-hybridized carbons (Fsp3) is 0.0909. The van der Waals surface area contributed by atoms with Crippen molar-refractivity contribution in [1.29, 1.82) is 0 Å². The van der Waals surface area contributed by atoms with E-state index in [-0.39, 0.29) is 6.61 Å². The maximum absolute atomic E-state index is 9.34. The van der Waals surface area contributed by atoms with Crippen LogP contribution in [-0.2, 0) is 6.61 Å². The first-order chi connectivity index (χ1) is 8.90. The molecule has 0 aliphatic rings. The van der Waals surface area contributed by atoms with Crippen molar-refractivity contribution in [3.05, 3.63) is 41.8 Å². The molecule has 0 saturated heterocycles. The van der Waals surface area contributed by atoms with Crippen molar-refractivity contribution in [1.82, 2.24) is 25.0 Å². The highest BCUT2D eigenvalue weighted by Gasteiger charge is 2.16. The molecular weight excluding hydrogens is 250 g/mol. The standard InChI is InChI=1S/C11H9N5OS/c17-7-9-10(8-1-3-12-4-2-8)16(15-14-9)11-13-5-6-18-11/h1-6,17H,7H2. The number of nitrogens with zero attached hydrogens (tertiary/aromatic N) is 5. The Bertz CT molecular complexity index is 635. The topological polar surface area (TPSA) is 76.7 Å². The van der Waals surface area contributed by atoms with Gasteiger partial charge in [0.1, 0.15) is 11.4 Å². The quantitative estimate of drug-likeness (QED) is 0.766. The first-order valence-electron chi connectivity index (χ1n) is 5.26. The molecule has 7 heteroatoms. The highest BCUT2D eigenvalue weighted by atomic mass is 32.1. The van der Waals surface area contributed by atoms with Crippen molar-refractivity contribution in [2.45, 2.75) is 6.61 Å². The van der Waals surface area contributed by atoms with Gasteiger partial charge in [-0.3, -0.25) is 4.98 Å². The van der Waals surface area contributed by atoms with Gasteiger partial charge >= 0.3 is 0 Å². The van der Waals surface area contributed by atoms with E-state index >= 15 is 0 Å². The van der Waals surface area contributed by atoms with Gasteiger partial charge in [-0.2, -0.15) is 4.68 Å². The van der Waals surface area contributed by atoms with Gasteiger partial charge in [0.2, 0.25) is 5.13 Å². The van der Waals surface area contributed by atoms with E-state index in [9.17, 15) is 5.11 Å². The van der Waals surface area contributed by atoms with Crippen molar-refractivity contribution < 1.29 is 5.11 Å². The molecule has 0 saturated carbocycles. The van der Waals surface area contributed by atoms with Gasteiger partial charge in [0.25, 0.3) is 0 Å². The monoisotopic (exact) mass is 259 g/mol. The zero-order valence-corrected chi connectivity index (χ0v) is 10.1. The number of pyridine rings is 1. The average molecular weight is 259 g/mol. The van der Waals surface area contributed by atoms with Crippen LogP contribution in [0.2, 0.25) is 0 Å². The van der Waals surface area contributed by atoms with Crippen molar-refractivity contribution >= 4 is 11.3 Å². The van der Waals surface area contributed by atoms with Gasteiger partial charge in [0.15, 0.2) is 0 Å². The second-order valence-electron chi connectivity index (χ2n) is 3.51. The molecule has 3 aromatic heterocycles. The molecule has 0 radical (unpaired) electrons. The Hall–Kier alpha value is -2.12. The highest BCUT2D eigenvalue weighted by Crippen LogP contribution is 2.25. The van der Waals surface area contributed by atoms with Crippen LogP contribution in [0, 0.1) is 0 Å². The minimum atomic E-state index is -0.164. The van der Waals surface area contributed by atoms with E-state index in [1.165, 1.54) is 11.3 Å². The summed E-state index contributed by atoms with van der Waals surface area (Å²) in [5, 5.41) is 19.9. The predicted octanol–water partition coefficient (Wildman–Crippen LogP) is 1.28. The largest absolute Gasteiger partial charge is 0.390 e. The van der Waals surface area contributed by atoms with Crippen LogP contribution in [0.25, 0.3) is 16.4 Å². The van der Waals surface area contributed by atoms with Gasteiger partial charge < -0.3 is 5.11 Å². The summed E-state index contributed by atoms with van der Waals surface area (Å²) >= 11 is 1.46. The molecule has 0 aromatic carbocycles. The average Bonchev–Trinajstić information content (AvgIpc) is 3.08. The Balaban J connectivity index is 2.20. The van der Waals surface area contributed by atoms with E-state index in [1.54, 1.807) is 23.3 Å². The molecule has 3 aromatic rings. The molecule has 0 atom stereocenters.